The smallest absolute Gasteiger partial charge is 0.238 e. The highest BCUT2D eigenvalue weighted by Gasteiger charge is 2.26. The third kappa shape index (κ3) is 5.51. The van der Waals surface area contributed by atoms with Crippen molar-refractivity contribution in [3.05, 3.63) is 224 Å². The molecule has 0 fully saturated rings. The van der Waals surface area contributed by atoms with E-state index < -0.39 is 0 Å². The summed E-state index contributed by atoms with van der Waals surface area (Å²) in [5, 5.41) is 13.8. The van der Waals surface area contributed by atoms with Crippen LogP contribution in [-0.2, 0) is 0 Å². The standard InChI is InChI=1S/C63H37N5O/c1-3-17-38(18-4-1)41-35-36-55(60-57(41)51-27-13-16-30-56(51)69-60)67-53-28-14-11-25-47(53)49-33-34-50-48-26-12-15-29-54(48)68(59(50)58(49)67)63-65-61(39-19-5-2-6-20-39)64-62(66-63)40-31-32-46-44-23-8-7-21-42(44)43-22-9-10-24-45(43)52(46)37-40/h1-37H. The molecule has 0 amide bonds. The van der Waals surface area contributed by atoms with Gasteiger partial charge in [0, 0.05) is 43.4 Å². The van der Waals surface area contributed by atoms with E-state index >= 15 is 0 Å². The van der Waals surface area contributed by atoms with Crippen LogP contribution in [0.25, 0.3) is 143 Å². The fraction of sp³-hybridized carbons (Fsp3) is 0. The lowest BCUT2D eigenvalue weighted by molar-refractivity contribution is 0.666. The van der Waals surface area contributed by atoms with Gasteiger partial charge in [-0.05, 0) is 73.8 Å². The summed E-state index contributed by atoms with van der Waals surface area (Å²) in [5.74, 6) is 1.72. The van der Waals surface area contributed by atoms with Gasteiger partial charge >= 0.3 is 0 Å². The molecule has 0 bridgehead atoms. The molecule has 6 nitrogen and oxygen atoms in total. The van der Waals surface area contributed by atoms with Crippen molar-refractivity contribution in [2.24, 2.45) is 0 Å². The highest BCUT2D eigenvalue weighted by Crippen LogP contribution is 2.46. The Morgan fingerprint density at radius 1 is 0.319 bits per heavy atom. The lowest BCUT2D eigenvalue weighted by atomic mass is 9.93. The summed E-state index contributed by atoms with van der Waals surface area (Å²) in [4.78, 5) is 16.2. The van der Waals surface area contributed by atoms with Gasteiger partial charge in [-0.1, -0.05) is 194 Å². The van der Waals surface area contributed by atoms with Crippen LogP contribution >= 0.6 is 0 Å². The topological polar surface area (TPSA) is 61.7 Å². The van der Waals surface area contributed by atoms with Crippen molar-refractivity contribution in [2.75, 3.05) is 0 Å². The van der Waals surface area contributed by atoms with Gasteiger partial charge in [-0.3, -0.25) is 4.57 Å². The van der Waals surface area contributed by atoms with E-state index in [1.165, 1.54) is 26.9 Å². The Labute approximate surface area is 394 Å². The van der Waals surface area contributed by atoms with Gasteiger partial charge in [-0.15, -0.1) is 0 Å². The van der Waals surface area contributed by atoms with Gasteiger partial charge in [-0.25, -0.2) is 4.98 Å². The molecular formula is C63H37N5O. The van der Waals surface area contributed by atoms with Gasteiger partial charge in [0.2, 0.25) is 5.95 Å². The van der Waals surface area contributed by atoms with Gasteiger partial charge in [0.1, 0.15) is 5.58 Å². The van der Waals surface area contributed by atoms with Crippen molar-refractivity contribution in [2.45, 2.75) is 0 Å². The molecule has 4 heterocycles. The molecule has 0 aliphatic heterocycles. The number of fused-ring (bicyclic) bond motifs is 16. The molecule has 0 spiro atoms. The number of aromatic nitrogens is 5. The van der Waals surface area contributed by atoms with E-state index in [0.717, 1.165) is 98.9 Å². The number of nitrogens with zero attached hydrogens (tertiary/aromatic N) is 5. The monoisotopic (exact) mass is 879 g/mol. The average molecular weight is 880 g/mol. The predicted molar refractivity (Wildman–Crippen MR) is 285 cm³/mol. The summed E-state index contributed by atoms with van der Waals surface area (Å²) in [6.07, 6.45) is 0. The van der Waals surface area contributed by atoms with Crippen molar-refractivity contribution in [3.63, 3.8) is 0 Å². The molecule has 0 unspecified atom stereocenters. The van der Waals surface area contributed by atoms with Crippen LogP contribution in [0.3, 0.4) is 0 Å². The SMILES string of the molecule is c1ccc(-c2nc(-c3ccc4c5ccccc5c5ccccc5c4c3)nc(-n3c4ccccc4c4ccc5c6ccccc6n(-c6ccc(-c7ccccc7)c7c6oc6ccccc67)c5c43)n2)cc1. The van der Waals surface area contributed by atoms with Crippen LogP contribution in [0.1, 0.15) is 0 Å². The molecule has 15 aromatic rings. The van der Waals surface area contributed by atoms with Crippen LogP contribution in [0, 0.1) is 0 Å². The van der Waals surface area contributed by atoms with Crippen LogP contribution in [0.4, 0.5) is 0 Å². The minimum absolute atomic E-state index is 0.533. The maximum Gasteiger partial charge on any atom is 0.238 e. The summed E-state index contributed by atoms with van der Waals surface area (Å²) in [5.41, 5.74) is 10.8. The first-order valence-corrected chi connectivity index (χ1v) is 23.4. The van der Waals surface area contributed by atoms with Gasteiger partial charge < -0.3 is 8.98 Å². The Morgan fingerprint density at radius 2 is 0.797 bits per heavy atom. The first-order valence-electron chi connectivity index (χ1n) is 23.4. The molecule has 0 aliphatic rings. The normalized spacial score (nSPS) is 12.1. The van der Waals surface area contributed by atoms with E-state index in [0.29, 0.717) is 17.6 Å². The molecule has 11 aromatic carbocycles. The zero-order valence-corrected chi connectivity index (χ0v) is 37.0. The first kappa shape index (κ1) is 37.8. The number of benzene rings is 11. The lowest BCUT2D eigenvalue weighted by Crippen LogP contribution is -2.07. The summed E-state index contributed by atoms with van der Waals surface area (Å²) >= 11 is 0. The van der Waals surface area contributed by atoms with Crippen molar-refractivity contribution >= 4 is 97.9 Å². The third-order valence-electron chi connectivity index (χ3n) is 14.2. The van der Waals surface area contributed by atoms with Gasteiger partial charge in [0.05, 0.1) is 27.8 Å². The second kappa shape index (κ2) is 14.6. The van der Waals surface area contributed by atoms with Crippen LogP contribution in [0.5, 0.6) is 0 Å². The van der Waals surface area contributed by atoms with E-state index in [9.17, 15) is 0 Å². The van der Waals surface area contributed by atoms with E-state index in [2.05, 4.69) is 209 Å². The zero-order valence-electron chi connectivity index (χ0n) is 37.0. The number of furan rings is 1. The lowest BCUT2D eigenvalue weighted by Gasteiger charge is -2.15. The maximum absolute atomic E-state index is 7.00. The second-order valence-electron chi connectivity index (χ2n) is 17.9. The van der Waals surface area contributed by atoms with Crippen molar-refractivity contribution in [1.29, 1.82) is 0 Å². The zero-order chi connectivity index (χ0) is 45.2. The summed E-state index contributed by atoms with van der Waals surface area (Å²) in [6, 6.07) is 79.6. The minimum atomic E-state index is 0.533. The molecule has 4 aromatic heterocycles. The Hall–Kier alpha value is -9.39. The van der Waals surface area contributed by atoms with Crippen LogP contribution in [-0.4, -0.2) is 24.1 Å². The minimum Gasteiger partial charge on any atom is -0.454 e. The van der Waals surface area contributed by atoms with Crippen LogP contribution < -0.4 is 0 Å². The quantitative estimate of drug-likeness (QED) is 0.162. The number of hydrogen-bond donors (Lipinski definition) is 0. The molecule has 6 heteroatoms. The highest BCUT2D eigenvalue weighted by atomic mass is 16.3. The maximum atomic E-state index is 7.00. The fourth-order valence-electron chi connectivity index (χ4n) is 11.2. The molecule has 0 saturated heterocycles. The number of rotatable bonds is 5. The van der Waals surface area contributed by atoms with Crippen molar-refractivity contribution < 1.29 is 4.42 Å². The highest BCUT2D eigenvalue weighted by molar-refractivity contribution is 6.27. The molecule has 0 saturated carbocycles. The largest absolute Gasteiger partial charge is 0.454 e. The van der Waals surface area contributed by atoms with Crippen LogP contribution in [0.2, 0.25) is 0 Å². The third-order valence-corrected chi connectivity index (χ3v) is 14.2. The summed E-state index contributed by atoms with van der Waals surface area (Å²) < 4.78 is 11.7. The molecular weight excluding hydrogens is 843 g/mol. The van der Waals surface area contributed by atoms with E-state index in [1.807, 2.05) is 24.3 Å². The number of para-hydroxylation sites is 3. The van der Waals surface area contributed by atoms with E-state index in [4.69, 9.17) is 19.4 Å². The molecule has 0 aliphatic carbocycles. The van der Waals surface area contributed by atoms with Crippen LogP contribution in [0.15, 0.2) is 229 Å². The predicted octanol–water partition coefficient (Wildman–Crippen LogP) is 16.4. The molecule has 0 atom stereocenters. The second-order valence-corrected chi connectivity index (χ2v) is 17.9. The van der Waals surface area contributed by atoms with Crippen molar-refractivity contribution in [3.8, 4) is 45.5 Å². The summed E-state index contributed by atoms with van der Waals surface area (Å²) in [7, 11) is 0. The molecule has 15 rings (SSSR count). The fourth-order valence-corrected chi connectivity index (χ4v) is 11.2. The van der Waals surface area contributed by atoms with Gasteiger partial charge in [0.25, 0.3) is 0 Å². The summed E-state index contributed by atoms with van der Waals surface area (Å²) in [6.45, 7) is 0. The van der Waals surface area contributed by atoms with Gasteiger partial charge in [0.15, 0.2) is 17.2 Å². The number of hydrogen-bond acceptors (Lipinski definition) is 4. The van der Waals surface area contributed by atoms with E-state index in [1.54, 1.807) is 0 Å². The Bertz CT molecular complexity index is 4570. The Kier molecular flexibility index (Phi) is 7.97. The van der Waals surface area contributed by atoms with Gasteiger partial charge in [-0.2, -0.15) is 9.97 Å². The van der Waals surface area contributed by atoms with E-state index in [-0.39, 0.29) is 0 Å². The Morgan fingerprint density at radius 3 is 1.45 bits per heavy atom. The van der Waals surface area contributed by atoms with Crippen molar-refractivity contribution in [1.82, 2.24) is 24.1 Å². The molecule has 69 heavy (non-hydrogen) atoms. The molecule has 0 N–H and O–H groups in total. The average Bonchev–Trinajstić information content (AvgIpc) is 4.09. The Balaban J connectivity index is 1.06. The molecule has 0 radical (unpaired) electrons. The molecule has 320 valence electrons. The first-order chi connectivity index (χ1) is 34.2.